The molecule has 17 heavy (non-hydrogen) atoms. The summed E-state index contributed by atoms with van der Waals surface area (Å²) in [4.78, 5) is 11.9. The lowest BCUT2D eigenvalue weighted by Gasteiger charge is -2.13. The minimum Gasteiger partial charge on any atom is -0.409 e. The summed E-state index contributed by atoms with van der Waals surface area (Å²) >= 11 is 0. The van der Waals surface area contributed by atoms with Gasteiger partial charge in [0.2, 0.25) is 5.91 Å². The first-order valence-corrected chi connectivity index (χ1v) is 5.36. The van der Waals surface area contributed by atoms with Crippen molar-refractivity contribution in [1.82, 2.24) is 9.78 Å². The molecule has 1 atom stereocenters. The summed E-state index contributed by atoms with van der Waals surface area (Å²) in [7, 11) is 1.75. The molecule has 94 valence electrons. The Morgan fingerprint density at radius 3 is 2.94 bits per heavy atom. The molecule has 1 rings (SSSR count). The van der Waals surface area contributed by atoms with Crippen molar-refractivity contribution >= 4 is 17.6 Å². The number of hydrogen-bond donors (Lipinski definition) is 3. The fourth-order valence-corrected chi connectivity index (χ4v) is 1.47. The summed E-state index contributed by atoms with van der Waals surface area (Å²) < 4.78 is 1.58. The van der Waals surface area contributed by atoms with Gasteiger partial charge in [0.05, 0.1) is 5.92 Å². The smallest absolute Gasteiger partial charge is 0.236 e. The van der Waals surface area contributed by atoms with Crippen LogP contribution in [0.2, 0.25) is 0 Å². The molecule has 0 saturated heterocycles. The number of nitrogens with one attached hydrogen (secondary N) is 1. The molecule has 0 aromatic carbocycles. The topological polar surface area (TPSA) is 106 Å². The number of oxime groups is 1. The van der Waals surface area contributed by atoms with Gasteiger partial charge in [0, 0.05) is 19.3 Å². The van der Waals surface area contributed by atoms with E-state index in [9.17, 15) is 4.79 Å². The predicted octanol–water partition coefficient (Wildman–Crippen LogP) is 0.521. The SMILES string of the molecule is CCCC(C(=O)Nc1ccn(C)n1)C(N)=NO. The number of amidine groups is 1. The van der Waals surface area contributed by atoms with E-state index in [1.807, 2.05) is 6.92 Å². The van der Waals surface area contributed by atoms with E-state index in [1.165, 1.54) is 0 Å². The maximum atomic E-state index is 11.9. The van der Waals surface area contributed by atoms with Gasteiger partial charge in [-0.3, -0.25) is 9.48 Å². The fraction of sp³-hybridized carbons (Fsp3) is 0.500. The normalized spacial score (nSPS) is 13.4. The third kappa shape index (κ3) is 3.47. The van der Waals surface area contributed by atoms with Gasteiger partial charge in [0.1, 0.15) is 0 Å². The lowest BCUT2D eigenvalue weighted by atomic mass is 10.0. The van der Waals surface area contributed by atoms with Crippen molar-refractivity contribution in [2.24, 2.45) is 23.9 Å². The fourth-order valence-electron chi connectivity index (χ4n) is 1.47. The Kier molecular flexibility index (Phi) is 4.50. The molecule has 0 fully saturated rings. The van der Waals surface area contributed by atoms with E-state index >= 15 is 0 Å². The number of amides is 1. The minimum absolute atomic E-state index is 0.0831. The molecule has 0 aliphatic heterocycles. The maximum absolute atomic E-state index is 11.9. The van der Waals surface area contributed by atoms with E-state index in [2.05, 4.69) is 15.6 Å². The van der Waals surface area contributed by atoms with Crippen LogP contribution in [0.5, 0.6) is 0 Å². The molecule has 7 heteroatoms. The highest BCUT2D eigenvalue weighted by atomic mass is 16.4. The Hall–Kier alpha value is -2.05. The van der Waals surface area contributed by atoms with Crippen LogP contribution in [0.15, 0.2) is 17.4 Å². The van der Waals surface area contributed by atoms with Crippen LogP contribution < -0.4 is 11.1 Å². The lowest BCUT2D eigenvalue weighted by Crippen LogP contribution is -2.34. The molecule has 0 saturated carbocycles. The van der Waals surface area contributed by atoms with Crippen LogP contribution >= 0.6 is 0 Å². The molecular formula is C10H17N5O2. The van der Waals surface area contributed by atoms with Gasteiger partial charge in [-0.25, -0.2) is 0 Å². The predicted molar refractivity (Wildman–Crippen MR) is 63.6 cm³/mol. The highest BCUT2D eigenvalue weighted by molar-refractivity contribution is 6.07. The van der Waals surface area contributed by atoms with Gasteiger partial charge in [-0.05, 0) is 6.42 Å². The van der Waals surface area contributed by atoms with Crippen molar-refractivity contribution in [2.45, 2.75) is 19.8 Å². The molecule has 0 aliphatic rings. The number of aromatic nitrogens is 2. The summed E-state index contributed by atoms with van der Waals surface area (Å²) in [6, 6.07) is 1.67. The number of carbonyl (C=O) groups excluding carboxylic acids is 1. The number of carbonyl (C=O) groups is 1. The van der Waals surface area contributed by atoms with Crippen molar-refractivity contribution in [2.75, 3.05) is 5.32 Å². The van der Waals surface area contributed by atoms with Crippen LogP contribution in [-0.2, 0) is 11.8 Å². The number of nitrogens with two attached hydrogens (primary N) is 1. The van der Waals surface area contributed by atoms with Crippen molar-refractivity contribution in [1.29, 1.82) is 0 Å². The molecule has 4 N–H and O–H groups in total. The van der Waals surface area contributed by atoms with Crippen LogP contribution in [0, 0.1) is 5.92 Å². The van der Waals surface area contributed by atoms with Gasteiger partial charge in [0.25, 0.3) is 0 Å². The van der Waals surface area contributed by atoms with E-state index in [-0.39, 0.29) is 11.7 Å². The van der Waals surface area contributed by atoms with Crippen LogP contribution in [0.1, 0.15) is 19.8 Å². The molecule has 0 spiro atoms. The monoisotopic (exact) mass is 239 g/mol. The van der Waals surface area contributed by atoms with E-state index in [0.29, 0.717) is 12.2 Å². The largest absolute Gasteiger partial charge is 0.409 e. The zero-order valence-electron chi connectivity index (χ0n) is 9.92. The second-order valence-electron chi connectivity index (χ2n) is 3.73. The summed E-state index contributed by atoms with van der Waals surface area (Å²) in [6.45, 7) is 1.92. The average molecular weight is 239 g/mol. The number of nitrogens with zero attached hydrogens (tertiary/aromatic N) is 3. The van der Waals surface area contributed by atoms with E-state index < -0.39 is 5.92 Å². The minimum atomic E-state index is -0.632. The number of hydrogen-bond acceptors (Lipinski definition) is 4. The van der Waals surface area contributed by atoms with Gasteiger partial charge in [-0.15, -0.1) is 0 Å². The van der Waals surface area contributed by atoms with Gasteiger partial charge in [0.15, 0.2) is 11.7 Å². The zero-order chi connectivity index (χ0) is 12.8. The molecule has 0 radical (unpaired) electrons. The molecule has 1 amide bonds. The van der Waals surface area contributed by atoms with Crippen LogP contribution in [0.25, 0.3) is 0 Å². The Morgan fingerprint density at radius 1 is 1.76 bits per heavy atom. The standard InChI is InChI=1S/C10H17N5O2/c1-3-4-7(9(11)14-17)10(16)12-8-5-6-15(2)13-8/h5-7,17H,3-4H2,1-2H3,(H2,11,14)(H,12,13,16). The molecule has 0 bridgehead atoms. The van der Waals surface area contributed by atoms with E-state index in [0.717, 1.165) is 6.42 Å². The van der Waals surface area contributed by atoms with Crippen molar-refractivity contribution in [3.05, 3.63) is 12.3 Å². The second kappa shape index (κ2) is 5.88. The van der Waals surface area contributed by atoms with Crippen LogP contribution in [-0.4, -0.2) is 26.7 Å². The first-order chi connectivity index (χ1) is 8.08. The molecule has 1 heterocycles. The first kappa shape index (κ1) is 13.0. The third-order valence-corrected chi connectivity index (χ3v) is 2.33. The Labute approximate surface area is 99.3 Å². The summed E-state index contributed by atoms with van der Waals surface area (Å²) in [6.07, 6.45) is 3.00. The maximum Gasteiger partial charge on any atom is 0.236 e. The van der Waals surface area contributed by atoms with Crippen LogP contribution in [0.4, 0.5) is 5.82 Å². The Balaban J connectivity index is 2.72. The van der Waals surface area contributed by atoms with E-state index in [1.54, 1.807) is 24.0 Å². The zero-order valence-corrected chi connectivity index (χ0v) is 9.92. The van der Waals surface area contributed by atoms with Gasteiger partial charge >= 0.3 is 0 Å². The first-order valence-electron chi connectivity index (χ1n) is 5.36. The summed E-state index contributed by atoms with van der Waals surface area (Å²) in [5.74, 6) is -0.586. The molecule has 7 nitrogen and oxygen atoms in total. The highest BCUT2D eigenvalue weighted by Crippen LogP contribution is 2.10. The van der Waals surface area contributed by atoms with E-state index in [4.69, 9.17) is 10.9 Å². The Bertz CT molecular complexity index is 413. The second-order valence-corrected chi connectivity index (χ2v) is 3.73. The van der Waals surface area contributed by atoms with Gasteiger partial charge in [-0.1, -0.05) is 18.5 Å². The lowest BCUT2D eigenvalue weighted by molar-refractivity contribution is -0.118. The van der Waals surface area contributed by atoms with Crippen molar-refractivity contribution < 1.29 is 10.0 Å². The van der Waals surface area contributed by atoms with Gasteiger partial charge in [-0.2, -0.15) is 5.10 Å². The molecular weight excluding hydrogens is 222 g/mol. The van der Waals surface area contributed by atoms with Crippen molar-refractivity contribution in [3.63, 3.8) is 0 Å². The number of aryl methyl sites for hydroxylation is 1. The summed E-state index contributed by atoms with van der Waals surface area (Å²) in [5.41, 5.74) is 5.48. The third-order valence-electron chi connectivity index (χ3n) is 2.33. The molecule has 1 aromatic rings. The molecule has 1 unspecified atom stereocenters. The quantitative estimate of drug-likeness (QED) is 0.301. The molecule has 1 aromatic heterocycles. The highest BCUT2D eigenvalue weighted by Gasteiger charge is 2.22. The summed E-state index contributed by atoms with van der Waals surface area (Å²) in [5, 5.41) is 18.1. The molecule has 0 aliphatic carbocycles. The van der Waals surface area contributed by atoms with Gasteiger partial charge < -0.3 is 16.3 Å². The number of anilines is 1. The average Bonchev–Trinajstić information content (AvgIpc) is 2.70. The number of rotatable bonds is 5. The van der Waals surface area contributed by atoms with Crippen LogP contribution in [0.3, 0.4) is 0 Å². The Morgan fingerprint density at radius 2 is 2.47 bits per heavy atom. The van der Waals surface area contributed by atoms with Crippen molar-refractivity contribution in [3.8, 4) is 0 Å².